The van der Waals surface area contributed by atoms with Crippen molar-refractivity contribution in [2.45, 2.75) is 62.9 Å². The van der Waals surface area contributed by atoms with E-state index in [2.05, 4.69) is 22.0 Å². The van der Waals surface area contributed by atoms with Crippen LogP contribution >= 0.6 is 0 Å². The van der Waals surface area contributed by atoms with Crippen LogP contribution < -0.4 is 16.0 Å². The highest BCUT2D eigenvalue weighted by molar-refractivity contribution is 5.89. The second kappa shape index (κ2) is 9.92. The Bertz CT molecular complexity index is 652. The number of piperidine rings is 1. The molecule has 0 spiro atoms. The first-order valence-electron chi connectivity index (χ1n) is 10.6. The van der Waals surface area contributed by atoms with E-state index in [4.69, 9.17) is 4.74 Å². The molecule has 0 aromatic rings. The first-order chi connectivity index (χ1) is 14.0. The van der Waals surface area contributed by atoms with Gasteiger partial charge in [-0.3, -0.25) is 9.59 Å². The van der Waals surface area contributed by atoms with Gasteiger partial charge in [0.05, 0.1) is 25.7 Å². The molecule has 9 nitrogen and oxygen atoms in total. The number of rotatable bonds is 5. The topological polar surface area (TPSA) is 124 Å². The van der Waals surface area contributed by atoms with Crippen LogP contribution in [-0.2, 0) is 14.3 Å². The maximum absolute atomic E-state index is 13.1. The fourth-order valence-corrected chi connectivity index (χ4v) is 4.39. The fourth-order valence-electron chi connectivity index (χ4n) is 4.39. The molecule has 0 aromatic carbocycles. The molecule has 0 bridgehead atoms. The van der Waals surface area contributed by atoms with Crippen LogP contribution in [0.3, 0.4) is 0 Å². The minimum atomic E-state index is -1.21. The van der Waals surface area contributed by atoms with Crippen molar-refractivity contribution in [1.82, 2.24) is 20.9 Å². The number of carbonyl (C=O) groups excluding carboxylic acids is 3. The lowest BCUT2D eigenvalue weighted by atomic mass is 9.84. The van der Waals surface area contributed by atoms with Crippen LogP contribution in [0.5, 0.6) is 0 Å². The van der Waals surface area contributed by atoms with Gasteiger partial charge in [0.1, 0.15) is 11.6 Å². The Hall–Kier alpha value is -2.34. The van der Waals surface area contributed by atoms with Gasteiger partial charge in [-0.15, -0.1) is 0 Å². The molecule has 9 heteroatoms. The summed E-state index contributed by atoms with van der Waals surface area (Å²) in [5, 5.41) is 18.0. The molecule has 1 saturated carbocycles. The summed E-state index contributed by atoms with van der Waals surface area (Å²) in [4.78, 5) is 39.3. The van der Waals surface area contributed by atoms with E-state index in [0.717, 1.165) is 25.7 Å². The molecule has 2 unspecified atom stereocenters. The molecule has 2 saturated heterocycles. The van der Waals surface area contributed by atoms with Crippen LogP contribution in [0, 0.1) is 17.2 Å². The zero-order valence-corrected chi connectivity index (χ0v) is 16.9. The summed E-state index contributed by atoms with van der Waals surface area (Å²) in [6.07, 6.45) is 6.41. The molecule has 3 rings (SSSR count). The van der Waals surface area contributed by atoms with Crippen molar-refractivity contribution < 1.29 is 19.1 Å². The first kappa shape index (κ1) is 21.4. The van der Waals surface area contributed by atoms with Crippen LogP contribution in [0.1, 0.15) is 51.4 Å². The number of nitriles is 1. The minimum Gasteiger partial charge on any atom is -0.378 e. The Morgan fingerprint density at radius 1 is 1.28 bits per heavy atom. The molecule has 0 aromatic heterocycles. The lowest BCUT2D eigenvalue weighted by Gasteiger charge is -2.35. The molecule has 2 aliphatic heterocycles. The summed E-state index contributed by atoms with van der Waals surface area (Å²) < 4.78 is 5.29. The number of nitrogens with one attached hydrogen (secondary N) is 3. The summed E-state index contributed by atoms with van der Waals surface area (Å²) in [5.74, 6) is -0.259. The number of hydrogen-bond donors (Lipinski definition) is 3. The van der Waals surface area contributed by atoms with E-state index in [1.807, 2.05) is 0 Å². The number of carbonyl (C=O) groups is 3. The molecular weight excluding hydrogens is 374 g/mol. The second-order valence-electron chi connectivity index (χ2n) is 8.30. The Morgan fingerprint density at radius 2 is 2.00 bits per heavy atom. The van der Waals surface area contributed by atoms with Crippen LogP contribution in [-0.4, -0.2) is 67.2 Å². The summed E-state index contributed by atoms with van der Waals surface area (Å²) in [7, 11) is 0. The Morgan fingerprint density at radius 3 is 2.66 bits per heavy atom. The zero-order valence-electron chi connectivity index (χ0n) is 16.9. The molecule has 2 atom stereocenters. The number of urea groups is 1. The molecule has 3 aliphatic rings. The standard InChI is InChI=1S/C20H31N5O4/c21-14-20(6-7-22-17(26)13-20)24-18(27)16(12-15-4-2-1-3-5-15)23-19(28)25-8-10-29-11-9-25/h15-16H,1-13H2,(H,22,26)(H,23,28)(H,24,27). The van der Waals surface area contributed by atoms with E-state index in [1.54, 1.807) is 4.90 Å². The lowest BCUT2D eigenvalue weighted by Crippen LogP contribution is -2.60. The molecule has 0 radical (unpaired) electrons. The summed E-state index contributed by atoms with van der Waals surface area (Å²) >= 11 is 0. The molecule has 29 heavy (non-hydrogen) atoms. The Labute approximate surface area is 171 Å². The molecule has 1 aliphatic carbocycles. The van der Waals surface area contributed by atoms with Crippen molar-refractivity contribution >= 4 is 17.8 Å². The van der Waals surface area contributed by atoms with E-state index in [-0.39, 0.29) is 24.3 Å². The fraction of sp³-hybridized carbons (Fsp3) is 0.800. The highest BCUT2D eigenvalue weighted by Gasteiger charge is 2.40. The van der Waals surface area contributed by atoms with E-state index in [1.165, 1.54) is 6.42 Å². The van der Waals surface area contributed by atoms with Gasteiger partial charge in [0.2, 0.25) is 11.8 Å². The largest absolute Gasteiger partial charge is 0.378 e. The van der Waals surface area contributed by atoms with Gasteiger partial charge in [0.15, 0.2) is 0 Å². The number of ether oxygens (including phenoxy) is 1. The smallest absolute Gasteiger partial charge is 0.318 e. The molecule has 4 amide bonds. The van der Waals surface area contributed by atoms with Crippen molar-refractivity contribution in [1.29, 1.82) is 5.26 Å². The molecule has 160 valence electrons. The van der Waals surface area contributed by atoms with Crippen molar-refractivity contribution in [3.8, 4) is 6.07 Å². The van der Waals surface area contributed by atoms with Crippen molar-refractivity contribution in [3.05, 3.63) is 0 Å². The number of amides is 4. The minimum absolute atomic E-state index is 0.0667. The summed E-state index contributed by atoms with van der Waals surface area (Å²) in [6.45, 7) is 2.30. The van der Waals surface area contributed by atoms with E-state index < -0.39 is 11.6 Å². The molecule has 3 N–H and O–H groups in total. The van der Waals surface area contributed by atoms with Crippen molar-refractivity contribution in [2.24, 2.45) is 5.92 Å². The predicted octanol–water partition coefficient (Wildman–Crippen LogP) is 0.656. The van der Waals surface area contributed by atoms with Crippen molar-refractivity contribution in [3.63, 3.8) is 0 Å². The highest BCUT2D eigenvalue weighted by atomic mass is 16.5. The lowest BCUT2D eigenvalue weighted by molar-refractivity contribution is -0.127. The molecule has 2 heterocycles. The average molecular weight is 405 g/mol. The van der Waals surface area contributed by atoms with Gasteiger partial charge in [0, 0.05) is 26.1 Å². The Kier molecular flexibility index (Phi) is 7.31. The van der Waals surface area contributed by atoms with Gasteiger partial charge in [-0.1, -0.05) is 32.1 Å². The van der Waals surface area contributed by atoms with E-state index >= 15 is 0 Å². The van der Waals surface area contributed by atoms with Gasteiger partial charge in [0.25, 0.3) is 0 Å². The maximum Gasteiger partial charge on any atom is 0.318 e. The van der Waals surface area contributed by atoms with Gasteiger partial charge >= 0.3 is 6.03 Å². The van der Waals surface area contributed by atoms with E-state index in [0.29, 0.717) is 51.6 Å². The first-order valence-corrected chi connectivity index (χ1v) is 10.6. The number of hydrogen-bond acceptors (Lipinski definition) is 5. The van der Waals surface area contributed by atoms with Gasteiger partial charge in [-0.2, -0.15) is 5.26 Å². The molecular formula is C20H31N5O4. The third-order valence-electron chi connectivity index (χ3n) is 6.12. The van der Waals surface area contributed by atoms with Gasteiger partial charge in [-0.25, -0.2) is 4.79 Å². The highest BCUT2D eigenvalue weighted by Crippen LogP contribution is 2.28. The normalized spacial score (nSPS) is 26.7. The monoisotopic (exact) mass is 405 g/mol. The van der Waals surface area contributed by atoms with Crippen LogP contribution in [0.4, 0.5) is 4.79 Å². The quantitative estimate of drug-likeness (QED) is 0.620. The second-order valence-corrected chi connectivity index (χ2v) is 8.30. The third-order valence-corrected chi connectivity index (χ3v) is 6.12. The van der Waals surface area contributed by atoms with Gasteiger partial charge < -0.3 is 25.6 Å². The predicted molar refractivity (Wildman–Crippen MR) is 105 cm³/mol. The zero-order chi connectivity index (χ0) is 20.7. The Balaban J connectivity index is 1.68. The maximum atomic E-state index is 13.1. The number of nitrogens with zero attached hydrogens (tertiary/aromatic N) is 2. The van der Waals surface area contributed by atoms with Crippen LogP contribution in [0.25, 0.3) is 0 Å². The summed E-state index contributed by atoms with van der Waals surface area (Å²) in [5.41, 5.74) is -1.21. The van der Waals surface area contributed by atoms with Crippen LogP contribution in [0.15, 0.2) is 0 Å². The van der Waals surface area contributed by atoms with E-state index in [9.17, 15) is 19.6 Å². The van der Waals surface area contributed by atoms with Crippen molar-refractivity contribution in [2.75, 3.05) is 32.8 Å². The molecule has 3 fully saturated rings. The number of morpholine rings is 1. The third kappa shape index (κ3) is 5.82. The van der Waals surface area contributed by atoms with Crippen LogP contribution in [0.2, 0.25) is 0 Å². The SMILES string of the molecule is N#CC1(NC(=O)C(CC2CCCCC2)NC(=O)N2CCOCC2)CCNC(=O)C1. The summed E-state index contributed by atoms with van der Waals surface area (Å²) in [6, 6.07) is 1.12. The average Bonchev–Trinajstić information content (AvgIpc) is 2.74. The van der Waals surface area contributed by atoms with Gasteiger partial charge in [-0.05, 0) is 12.3 Å².